The molecule has 2 N–H and O–H groups in total. The van der Waals surface area contributed by atoms with E-state index in [1.54, 1.807) is 11.3 Å². The minimum absolute atomic E-state index is 0.0930. The molecule has 15 heavy (non-hydrogen) atoms. The predicted octanol–water partition coefficient (Wildman–Crippen LogP) is 1.32. The molecule has 0 aromatic carbocycles. The highest BCUT2D eigenvalue weighted by atomic mass is 32.1. The van der Waals surface area contributed by atoms with E-state index in [1.807, 2.05) is 24.7 Å². The molecule has 4 nitrogen and oxygen atoms in total. The average molecular weight is 227 g/mol. The van der Waals surface area contributed by atoms with E-state index in [1.165, 1.54) is 0 Å². The van der Waals surface area contributed by atoms with Crippen molar-refractivity contribution in [2.75, 3.05) is 13.1 Å². The highest BCUT2D eigenvalue weighted by molar-refractivity contribution is 7.07. The Morgan fingerprint density at radius 2 is 2.47 bits per heavy atom. The summed E-state index contributed by atoms with van der Waals surface area (Å²) in [6.07, 6.45) is 0.516. The van der Waals surface area contributed by atoms with E-state index in [4.69, 9.17) is 0 Å². The highest BCUT2D eigenvalue weighted by Gasteiger charge is 2.06. The van der Waals surface area contributed by atoms with Gasteiger partial charge >= 0.3 is 0 Å². The molecular weight excluding hydrogens is 210 g/mol. The first-order valence-electron chi connectivity index (χ1n) is 5.12. The molecule has 0 bridgehead atoms. The fourth-order valence-electron chi connectivity index (χ4n) is 1.23. The summed E-state index contributed by atoms with van der Waals surface area (Å²) in [6.45, 7) is 5.35. The smallest absolute Gasteiger partial charge is 0.221 e. The summed E-state index contributed by atoms with van der Waals surface area (Å²) in [4.78, 5) is 15.4. The summed E-state index contributed by atoms with van der Waals surface area (Å²) >= 11 is 1.59. The molecule has 0 saturated heterocycles. The van der Waals surface area contributed by atoms with Crippen molar-refractivity contribution in [3.63, 3.8) is 0 Å². The van der Waals surface area contributed by atoms with Gasteiger partial charge in [0.05, 0.1) is 11.2 Å². The summed E-state index contributed by atoms with van der Waals surface area (Å²) in [5.74, 6) is 0.0930. The van der Waals surface area contributed by atoms with Crippen LogP contribution >= 0.6 is 11.3 Å². The standard InChI is InChI=1S/C10H17N3OS/c1-3-11-10(14)4-5-12-8(2)9-6-15-7-13-9/h6-8,12H,3-5H2,1-2H3,(H,11,14). The van der Waals surface area contributed by atoms with Gasteiger partial charge in [-0.1, -0.05) is 0 Å². The lowest BCUT2D eigenvalue weighted by Crippen LogP contribution is -2.28. The van der Waals surface area contributed by atoms with E-state index in [2.05, 4.69) is 15.6 Å². The van der Waals surface area contributed by atoms with E-state index < -0.39 is 0 Å². The summed E-state index contributed by atoms with van der Waals surface area (Å²) in [7, 11) is 0. The van der Waals surface area contributed by atoms with Crippen LogP contribution in [0.25, 0.3) is 0 Å². The zero-order valence-electron chi connectivity index (χ0n) is 9.12. The fourth-order valence-corrected chi connectivity index (χ4v) is 1.88. The average Bonchev–Trinajstić information content (AvgIpc) is 2.70. The maximum atomic E-state index is 11.1. The third-order valence-corrected chi connectivity index (χ3v) is 2.68. The molecule has 0 spiro atoms. The first-order chi connectivity index (χ1) is 7.24. The lowest BCUT2D eigenvalue weighted by Gasteiger charge is -2.10. The molecule has 1 aromatic heterocycles. The Hall–Kier alpha value is -0.940. The van der Waals surface area contributed by atoms with Crippen molar-refractivity contribution in [1.82, 2.24) is 15.6 Å². The Bertz CT molecular complexity index is 287. The zero-order chi connectivity index (χ0) is 11.1. The number of hydrogen-bond donors (Lipinski definition) is 2. The number of thiazole rings is 1. The molecule has 0 radical (unpaired) electrons. The topological polar surface area (TPSA) is 54.0 Å². The van der Waals surface area contributed by atoms with E-state index in [-0.39, 0.29) is 11.9 Å². The number of hydrogen-bond acceptors (Lipinski definition) is 4. The Labute approximate surface area is 94.1 Å². The lowest BCUT2D eigenvalue weighted by atomic mass is 10.2. The van der Waals surface area contributed by atoms with Gasteiger partial charge in [0.25, 0.3) is 0 Å². The van der Waals surface area contributed by atoms with Crippen LogP contribution in [0.5, 0.6) is 0 Å². The van der Waals surface area contributed by atoms with Gasteiger partial charge in [0.15, 0.2) is 0 Å². The number of aromatic nitrogens is 1. The third kappa shape index (κ3) is 4.40. The van der Waals surface area contributed by atoms with Crippen LogP contribution in [0, 0.1) is 0 Å². The highest BCUT2D eigenvalue weighted by Crippen LogP contribution is 2.11. The van der Waals surface area contributed by atoms with Crippen LogP contribution in [-0.4, -0.2) is 24.0 Å². The van der Waals surface area contributed by atoms with Crippen LogP contribution in [0.15, 0.2) is 10.9 Å². The summed E-state index contributed by atoms with van der Waals surface area (Å²) in [6, 6.07) is 0.214. The second-order valence-corrected chi connectivity index (χ2v) is 4.01. The maximum absolute atomic E-state index is 11.1. The van der Waals surface area contributed by atoms with Gasteiger partial charge in [-0.05, 0) is 13.8 Å². The van der Waals surface area contributed by atoms with Crippen LogP contribution in [-0.2, 0) is 4.79 Å². The maximum Gasteiger partial charge on any atom is 0.221 e. The molecule has 1 amide bonds. The fraction of sp³-hybridized carbons (Fsp3) is 0.600. The molecule has 1 atom stereocenters. The Kier molecular flexibility index (Phi) is 5.28. The predicted molar refractivity (Wildman–Crippen MR) is 61.8 cm³/mol. The Morgan fingerprint density at radius 1 is 1.67 bits per heavy atom. The Morgan fingerprint density at radius 3 is 3.07 bits per heavy atom. The van der Waals surface area contributed by atoms with Gasteiger partial charge in [0, 0.05) is 30.9 Å². The van der Waals surface area contributed by atoms with Gasteiger partial charge in [0.1, 0.15) is 0 Å². The number of rotatable bonds is 6. The molecule has 0 fully saturated rings. The monoisotopic (exact) mass is 227 g/mol. The number of carbonyl (C=O) groups is 1. The van der Waals surface area contributed by atoms with Crippen molar-refractivity contribution < 1.29 is 4.79 Å². The van der Waals surface area contributed by atoms with Crippen LogP contribution in [0.4, 0.5) is 0 Å². The molecule has 1 unspecified atom stereocenters. The third-order valence-electron chi connectivity index (χ3n) is 2.07. The molecule has 0 aliphatic heterocycles. The van der Waals surface area contributed by atoms with Gasteiger partial charge < -0.3 is 10.6 Å². The number of nitrogens with zero attached hydrogens (tertiary/aromatic N) is 1. The van der Waals surface area contributed by atoms with Crippen molar-refractivity contribution in [3.05, 3.63) is 16.6 Å². The largest absolute Gasteiger partial charge is 0.356 e. The van der Waals surface area contributed by atoms with Crippen LogP contribution in [0.2, 0.25) is 0 Å². The second-order valence-electron chi connectivity index (χ2n) is 3.29. The minimum Gasteiger partial charge on any atom is -0.356 e. The van der Waals surface area contributed by atoms with Gasteiger partial charge in [-0.15, -0.1) is 11.3 Å². The minimum atomic E-state index is 0.0930. The van der Waals surface area contributed by atoms with Crippen LogP contribution < -0.4 is 10.6 Å². The number of nitrogens with one attached hydrogen (secondary N) is 2. The molecule has 0 saturated carbocycles. The van der Waals surface area contributed by atoms with Crippen molar-refractivity contribution in [1.29, 1.82) is 0 Å². The molecule has 84 valence electrons. The lowest BCUT2D eigenvalue weighted by molar-refractivity contribution is -0.120. The van der Waals surface area contributed by atoms with Crippen LogP contribution in [0.1, 0.15) is 32.0 Å². The van der Waals surface area contributed by atoms with E-state index in [0.717, 1.165) is 5.69 Å². The van der Waals surface area contributed by atoms with Crippen molar-refractivity contribution in [3.8, 4) is 0 Å². The van der Waals surface area contributed by atoms with Crippen molar-refractivity contribution in [2.45, 2.75) is 26.3 Å². The van der Waals surface area contributed by atoms with Crippen molar-refractivity contribution in [2.24, 2.45) is 0 Å². The summed E-state index contributed by atoms with van der Waals surface area (Å²) in [5.41, 5.74) is 2.85. The number of carbonyl (C=O) groups excluding carboxylic acids is 1. The normalized spacial score (nSPS) is 12.4. The van der Waals surface area contributed by atoms with E-state index in [9.17, 15) is 4.79 Å². The Balaban J connectivity index is 2.18. The molecule has 0 aliphatic rings. The van der Waals surface area contributed by atoms with E-state index >= 15 is 0 Å². The first-order valence-corrected chi connectivity index (χ1v) is 6.06. The summed E-state index contributed by atoms with van der Waals surface area (Å²) < 4.78 is 0. The zero-order valence-corrected chi connectivity index (χ0v) is 9.93. The number of amides is 1. The SMILES string of the molecule is CCNC(=O)CCNC(C)c1cscn1. The molecule has 1 rings (SSSR count). The van der Waals surface area contributed by atoms with E-state index in [0.29, 0.717) is 19.5 Å². The molecule has 1 heterocycles. The molecular formula is C10H17N3OS. The second kappa shape index (κ2) is 6.53. The van der Waals surface area contributed by atoms with Gasteiger partial charge in [-0.2, -0.15) is 0 Å². The molecule has 1 aromatic rings. The van der Waals surface area contributed by atoms with Gasteiger partial charge in [-0.25, -0.2) is 4.98 Å². The molecule has 0 aliphatic carbocycles. The first kappa shape index (κ1) is 12.1. The van der Waals surface area contributed by atoms with Gasteiger partial charge in [-0.3, -0.25) is 4.79 Å². The van der Waals surface area contributed by atoms with Gasteiger partial charge in [0.2, 0.25) is 5.91 Å². The summed E-state index contributed by atoms with van der Waals surface area (Å²) in [5, 5.41) is 8.04. The van der Waals surface area contributed by atoms with Crippen molar-refractivity contribution >= 4 is 17.2 Å². The molecule has 5 heteroatoms. The quantitative estimate of drug-likeness (QED) is 0.770. The van der Waals surface area contributed by atoms with Crippen LogP contribution in [0.3, 0.4) is 0 Å².